The number of hydrogen-bond acceptors (Lipinski definition) is 15. The number of carbonyl (C=O) groups is 3. The maximum Gasteiger partial charge on any atom is 1.00 e. The number of nitrogens with one attached hydrogen (secondary N) is 1. The Morgan fingerprint density at radius 3 is 1.39 bits per heavy atom. The minimum absolute atomic E-state index is 0. The molecule has 16 nitrogen and oxygen atoms in total. The van der Waals surface area contributed by atoms with Crippen molar-refractivity contribution in [2.24, 2.45) is 0 Å². The number of carboxylic acid groups (broad SMARTS) is 1. The third-order valence-corrected chi connectivity index (χ3v) is 11.2. The summed E-state index contributed by atoms with van der Waals surface area (Å²) in [5.74, 6) is -0.431. The van der Waals surface area contributed by atoms with E-state index in [-0.39, 0.29) is 71.2 Å². The van der Waals surface area contributed by atoms with Crippen LogP contribution in [0.5, 0.6) is 17.6 Å². The summed E-state index contributed by atoms with van der Waals surface area (Å²) in [6.45, 7) is 11.0. The van der Waals surface area contributed by atoms with Crippen molar-refractivity contribution < 1.29 is 82.6 Å². The zero-order valence-electron chi connectivity index (χ0n) is 41.4. The molecule has 3 aliphatic rings. The fourth-order valence-corrected chi connectivity index (χ4v) is 7.60. The van der Waals surface area contributed by atoms with Crippen LogP contribution in [0, 0.1) is 26.6 Å². The molecule has 3 atom stereocenters. The van der Waals surface area contributed by atoms with Gasteiger partial charge in [0.25, 0.3) is 0 Å². The number of pyridine rings is 3. The molecule has 3 aromatic carbocycles. The van der Waals surface area contributed by atoms with Crippen molar-refractivity contribution in [2.45, 2.75) is 58.3 Å². The van der Waals surface area contributed by atoms with Crippen molar-refractivity contribution in [3.05, 3.63) is 167 Å². The summed E-state index contributed by atoms with van der Waals surface area (Å²) in [6.07, 6.45) is 8.63. The number of hydrogen-bond donors (Lipinski definition) is 2. The van der Waals surface area contributed by atoms with Gasteiger partial charge in [-0.3, -0.25) is 0 Å². The van der Waals surface area contributed by atoms with E-state index in [1.54, 1.807) is 36.7 Å². The molecule has 0 aliphatic carbocycles. The molecule has 3 N–H and O–H groups in total. The standard InChI is InChI=1S/C18H20N2O3.C17H18N2O3.C10H14N2O.C8H7FO2.ClH.Na.H2O/c1-13-7-8-17(19-11-13)23-14-9-10-20(12-14)16-6-4-3-5-15(16)18(21)22-2;1-12-6-7-16(18-10-12)22-13-8-9-19(11-13)15-5-3-2-4-14(15)17(20)21;1-8-2-3-10(12-6-8)13-9-4-5-11-7-9;1-11-8(10)6-4-2-3-5-7(6)9;;;/h3-8,11,14H,9-10,12H2,1-2H3;2-7,10,13H,8-9,11H2,1H3,(H,20,21);2-3,6,9,11H,4-5,7H2,1H3;2-5H,1H3;1H;;1H2/q;;;;;+1;/p-1/t14-;13-;9-;;;;/m111..../s1. The monoisotopic (exact) mass is 1020 g/mol. The number of esters is 2. The van der Waals surface area contributed by atoms with Gasteiger partial charge in [-0.25, -0.2) is 33.7 Å². The number of carboxylic acids is 1. The molecule has 378 valence electrons. The van der Waals surface area contributed by atoms with Crippen LogP contribution in [0.25, 0.3) is 0 Å². The van der Waals surface area contributed by atoms with E-state index in [1.165, 1.54) is 32.4 Å². The Morgan fingerprint density at radius 2 is 0.986 bits per heavy atom. The predicted octanol–water partition coefficient (Wildman–Crippen LogP) is 5.57. The Labute approximate surface area is 448 Å². The number of para-hydroxylation sites is 2. The molecular weight excluding hydrogens is 958 g/mol. The molecule has 0 radical (unpaired) electrons. The minimum Gasteiger partial charge on any atom is -0.870 e. The van der Waals surface area contributed by atoms with E-state index in [2.05, 4.69) is 34.8 Å². The molecule has 3 saturated heterocycles. The summed E-state index contributed by atoms with van der Waals surface area (Å²) in [6, 6.07) is 31.9. The second-order valence-corrected chi connectivity index (χ2v) is 16.5. The summed E-state index contributed by atoms with van der Waals surface area (Å²) in [5, 5.41) is 12.5. The number of halogens is 2. The zero-order chi connectivity index (χ0) is 49.1. The predicted molar refractivity (Wildman–Crippen MR) is 269 cm³/mol. The average Bonchev–Trinajstić information content (AvgIpc) is 4.18. The van der Waals surface area contributed by atoms with Gasteiger partial charge in [-0.2, -0.15) is 0 Å². The number of aromatic carboxylic acids is 1. The van der Waals surface area contributed by atoms with Gasteiger partial charge >= 0.3 is 47.5 Å². The van der Waals surface area contributed by atoms with Crippen molar-refractivity contribution in [3.8, 4) is 17.6 Å². The van der Waals surface area contributed by atoms with Crippen molar-refractivity contribution in [2.75, 3.05) is 63.3 Å². The van der Waals surface area contributed by atoms with Gasteiger partial charge in [0.1, 0.15) is 24.1 Å². The summed E-state index contributed by atoms with van der Waals surface area (Å²) in [7, 11) is 2.62. The molecule has 0 unspecified atom stereocenters. The Kier molecular flexibility index (Phi) is 25.4. The topological polar surface area (TPSA) is 205 Å². The van der Waals surface area contributed by atoms with Crippen LogP contribution in [-0.2, 0) is 9.47 Å². The molecule has 6 heterocycles. The van der Waals surface area contributed by atoms with Crippen molar-refractivity contribution in [3.63, 3.8) is 0 Å². The number of methoxy groups -OCH3 is 2. The number of carbonyl (C=O) groups excluding carboxylic acids is 2. The summed E-state index contributed by atoms with van der Waals surface area (Å²) in [4.78, 5) is 50.9. The number of nitrogens with zero attached hydrogens (tertiary/aromatic N) is 5. The van der Waals surface area contributed by atoms with Crippen molar-refractivity contribution in [1.82, 2.24) is 20.3 Å². The fourth-order valence-electron chi connectivity index (χ4n) is 7.60. The third-order valence-electron chi connectivity index (χ3n) is 11.2. The van der Waals surface area contributed by atoms with Gasteiger partial charge in [0.15, 0.2) is 0 Å². The summed E-state index contributed by atoms with van der Waals surface area (Å²) < 4.78 is 39.4. The van der Waals surface area contributed by atoms with Gasteiger partial charge in [-0.05, 0) is 86.8 Å². The Morgan fingerprint density at radius 1 is 0.583 bits per heavy atom. The van der Waals surface area contributed by atoms with Gasteiger partial charge in [0, 0.05) is 69.3 Å². The maximum atomic E-state index is 12.7. The molecular formula is C53H61ClFN6NaO10. The van der Waals surface area contributed by atoms with E-state index < -0.39 is 17.8 Å². The first-order chi connectivity index (χ1) is 33.4. The fraction of sp³-hybridized carbons (Fsp3) is 0.321. The van der Waals surface area contributed by atoms with Crippen LogP contribution in [0.15, 0.2) is 128 Å². The smallest absolute Gasteiger partial charge is 0.870 e. The van der Waals surface area contributed by atoms with Crippen LogP contribution in [-0.4, -0.2) is 115 Å². The van der Waals surface area contributed by atoms with Gasteiger partial charge in [-0.15, -0.1) is 12.4 Å². The normalized spacial score (nSPS) is 16.2. The van der Waals surface area contributed by atoms with Crippen LogP contribution in [0.2, 0.25) is 0 Å². The Balaban J connectivity index is 0.000000260. The zero-order valence-corrected chi connectivity index (χ0v) is 44.2. The van der Waals surface area contributed by atoms with E-state index >= 15 is 0 Å². The van der Waals surface area contributed by atoms with Gasteiger partial charge in [0.05, 0.1) is 55.4 Å². The van der Waals surface area contributed by atoms with Crippen LogP contribution < -0.4 is 58.9 Å². The van der Waals surface area contributed by atoms with Crippen molar-refractivity contribution >= 4 is 41.7 Å². The number of aromatic nitrogens is 3. The molecule has 19 heteroatoms. The number of benzene rings is 3. The molecule has 3 aromatic heterocycles. The first-order valence-electron chi connectivity index (χ1n) is 22.7. The molecule has 72 heavy (non-hydrogen) atoms. The van der Waals surface area contributed by atoms with Gasteiger partial charge in [-0.1, -0.05) is 54.6 Å². The van der Waals surface area contributed by atoms with E-state index in [9.17, 15) is 23.9 Å². The quantitative estimate of drug-likeness (QED) is 0.120. The number of ether oxygens (including phenoxy) is 5. The second kappa shape index (κ2) is 30.5. The summed E-state index contributed by atoms with van der Waals surface area (Å²) >= 11 is 0. The van der Waals surface area contributed by atoms with Crippen LogP contribution in [0.3, 0.4) is 0 Å². The third kappa shape index (κ3) is 18.1. The number of rotatable bonds is 11. The molecule has 0 saturated carbocycles. The molecule has 0 spiro atoms. The average molecular weight is 1020 g/mol. The van der Waals surface area contributed by atoms with Crippen molar-refractivity contribution in [1.29, 1.82) is 0 Å². The molecule has 9 rings (SSSR count). The van der Waals surface area contributed by atoms with Gasteiger partial charge in [0.2, 0.25) is 17.6 Å². The van der Waals surface area contributed by atoms with Crippen LogP contribution in [0.1, 0.15) is 67.0 Å². The van der Waals surface area contributed by atoms with E-state index in [0.29, 0.717) is 35.5 Å². The molecule has 6 aromatic rings. The maximum absolute atomic E-state index is 12.7. The first-order valence-corrected chi connectivity index (χ1v) is 22.7. The van der Waals surface area contributed by atoms with E-state index in [4.69, 9.17) is 18.9 Å². The molecule has 0 amide bonds. The SMILES string of the molecule is COC(=O)c1ccccc1F.COC(=O)c1ccccc1N1CC[C@@H](Oc2ccc(C)cn2)C1.Cc1ccc(O[C@@H]2CCN(c3ccccc3C(=O)O)C2)nc1.Cc1ccc(O[C@@H]2CCNC2)nc1.Cl.[Na+].[OH-]. The molecule has 0 bridgehead atoms. The second-order valence-electron chi connectivity index (χ2n) is 16.5. The number of anilines is 2. The Hall–Kier alpha value is -6.34. The number of aryl methyl sites for hydroxylation is 3. The first kappa shape index (κ1) is 60.0. The van der Waals surface area contributed by atoms with Gasteiger partial charge < -0.3 is 49.4 Å². The summed E-state index contributed by atoms with van der Waals surface area (Å²) in [5.41, 5.74) is 5.89. The van der Waals surface area contributed by atoms with E-state index in [0.717, 1.165) is 85.9 Å². The molecule has 3 fully saturated rings. The van der Waals surface area contributed by atoms with Crippen LogP contribution >= 0.6 is 12.4 Å². The van der Waals surface area contributed by atoms with Crippen LogP contribution in [0.4, 0.5) is 15.8 Å². The largest absolute Gasteiger partial charge is 1.00 e. The Bertz CT molecular complexity index is 2600. The van der Waals surface area contributed by atoms with E-state index in [1.807, 2.05) is 93.7 Å². The molecule has 3 aliphatic heterocycles. The minimum atomic E-state index is -0.903.